The van der Waals surface area contributed by atoms with E-state index in [1.165, 1.54) is 7.11 Å². The lowest BCUT2D eigenvalue weighted by Crippen LogP contribution is -2.12. The Bertz CT molecular complexity index is 439. The molecule has 0 radical (unpaired) electrons. The molecule has 0 saturated carbocycles. The zero-order chi connectivity index (χ0) is 12.0. The molecule has 0 spiro atoms. The first-order valence-electron chi connectivity index (χ1n) is 4.55. The Morgan fingerprint density at radius 1 is 1.56 bits per heavy atom. The van der Waals surface area contributed by atoms with Crippen LogP contribution in [0.15, 0.2) is 23.2 Å². The minimum Gasteiger partial charge on any atom is -0.482 e. The molecule has 0 bridgehead atoms. The van der Waals surface area contributed by atoms with Gasteiger partial charge in [0.15, 0.2) is 6.61 Å². The third kappa shape index (κ3) is 3.46. The maximum atomic E-state index is 10.9. The Hall–Kier alpha value is -1.71. The fraction of sp³-hybridized carbons (Fsp3) is 0.273. The van der Waals surface area contributed by atoms with Crippen molar-refractivity contribution in [1.29, 1.82) is 0 Å². The molecule has 0 saturated heterocycles. The minimum absolute atomic E-state index is 0.104. The van der Waals surface area contributed by atoms with E-state index in [1.807, 2.05) is 6.92 Å². The zero-order valence-electron chi connectivity index (χ0n) is 9.02. The van der Waals surface area contributed by atoms with Gasteiger partial charge in [0, 0.05) is 0 Å². The lowest BCUT2D eigenvalue weighted by Gasteiger charge is -2.07. The molecule has 1 rings (SSSR count). The molecule has 0 fully saturated rings. The van der Waals surface area contributed by atoms with Crippen LogP contribution in [-0.4, -0.2) is 24.8 Å². The van der Waals surface area contributed by atoms with Crippen molar-refractivity contribution < 1.29 is 14.3 Å². The normalized spacial score (nSPS) is 9.12. The predicted octanol–water partition coefficient (Wildman–Crippen LogP) is 2.28. The number of aliphatic imine (C=N–C) groups is 1. The third-order valence-corrected chi connectivity index (χ3v) is 2.00. The molecular formula is C11H11NO3S. The van der Waals surface area contributed by atoms with E-state index in [0.717, 1.165) is 5.56 Å². The van der Waals surface area contributed by atoms with Crippen molar-refractivity contribution in [3.05, 3.63) is 23.8 Å². The maximum Gasteiger partial charge on any atom is 0.343 e. The van der Waals surface area contributed by atoms with Crippen LogP contribution in [0, 0.1) is 6.92 Å². The van der Waals surface area contributed by atoms with Gasteiger partial charge in [-0.15, -0.1) is 0 Å². The standard InChI is InChI=1S/C11H11NO3S/c1-8-5-9(12-7-16)3-4-10(8)15-6-11(13)14-2/h3-5H,6H2,1-2H3. The number of rotatable bonds is 4. The molecule has 0 aliphatic rings. The molecule has 0 aliphatic carbocycles. The third-order valence-electron chi connectivity index (χ3n) is 1.91. The summed E-state index contributed by atoms with van der Waals surface area (Å²) in [5, 5.41) is 2.28. The van der Waals surface area contributed by atoms with Crippen molar-refractivity contribution in [3.8, 4) is 5.75 Å². The number of hydrogen-bond acceptors (Lipinski definition) is 5. The topological polar surface area (TPSA) is 47.9 Å². The first kappa shape index (κ1) is 12.4. The van der Waals surface area contributed by atoms with Crippen LogP contribution in [0.1, 0.15) is 5.56 Å². The lowest BCUT2D eigenvalue weighted by atomic mass is 10.2. The fourth-order valence-corrected chi connectivity index (χ4v) is 1.22. The molecule has 1 aromatic carbocycles. The lowest BCUT2D eigenvalue weighted by molar-refractivity contribution is -0.142. The molecule has 0 aromatic heterocycles. The summed E-state index contributed by atoms with van der Waals surface area (Å²) >= 11 is 4.50. The van der Waals surface area contributed by atoms with Gasteiger partial charge < -0.3 is 9.47 Å². The van der Waals surface area contributed by atoms with Crippen molar-refractivity contribution in [3.63, 3.8) is 0 Å². The summed E-state index contributed by atoms with van der Waals surface area (Å²) < 4.78 is 9.73. The number of benzene rings is 1. The second-order valence-corrected chi connectivity index (χ2v) is 3.20. The van der Waals surface area contributed by atoms with Crippen molar-refractivity contribution in [2.24, 2.45) is 4.99 Å². The summed E-state index contributed by atoms with van der Waals surface area (Å²) in [4.78, 5) is 14.7. The number of hydrogen-bond donors (Lipinski definition) is 0. The summed E-state index contributed by atoms with van der Waals surface area (Å²) in [6, 6.07) is 5.26. The van der Waals surface area contributed by atoms with Crippen molar-refractivity contribution >= 4 is 29.0 Å². The van der Waals surface area contributed by atoms with Crippen molar-refractivity contribution in [2.75, 3.05) is 13.7 Å². The SMILES string of the molecule is COC(=O)COc1ccc(N=C=S)cc1C. The number of carbonyl (C=O) groups excluding carboxylic acids is 1. The molecule has 0 N–H and O–H groups in total. The Morgan fingerprint density at radius 2 is 2.31 bits per heavy atom. The van der Waals surface area contributed by atoms with Crippen LogP contribution < -0.4 is 4.74 Å². The quantitative estimate of drug-likeness (QED) is 0.458. The van der Waals surface area contributed by atoms with Gasteiger partial charge in [-0.2, -0.15) is 4.99 Å². The van der Waals surface area contributed by atoms with Crippen LogP contribution in [-0.2, 0) is 9.53 Å². The molecule has 16 heavy (non-hydrogen) atoms. The highest BCUT2D eigenvalue weighted by Crippen LogP contribution is 2.23. The van der Waals surface area contributed by atoms with Gasteiger partial charge in [0.2, 0.25) is 0 Å². The van der Waals surface area contributed by atoms with E-state index in [0.29, 0.717) is 11.4 Å². The van der Waals surface area contributed by atoms with E-state index < -0.39 is 5.97 Å². The van der Waals surface area contributed by atoms with Gasteiger partial charge in [-0.1, -0.05) is 0 Å². The molecular weight excluding hydrogens is 226 g/mol. The molecule has 4 nitrogen and oxygen atoms in total. The number of esters is 1. The molecule has 5 heteroatoms. The smallest absolute Gasteiger partial charge is 0.343 e. The molecule has 0 aliphatic heterocycles. The summed E-state index contributed by atoms with van der Waals surface area (Å²) in [6.07, 6.45) is 0. The van der Waals surface area contributed by atoms with Crippen molar-refractivity contribution in [1.82, 2.24) is 0 Å². The zero-order valence-corrected chi connectivity index (χ0v) is 9.84. The van der Waals surface area contributed by atoms with E-state index in [-0.39, 0.29) is 6.61 Å². The molecule has 84 valence electrons. The van der Waals surface area contributed by atoms with Crippen molar-refractivity contribution in [2.45, 2.75) is 6.92 Å². The Kier molecular flexibility index (Phi) is 4.64. The monoisotopic (exact) mass is 237 g/mol. The van der Waals surface area contributed by atoms with Crippen LogP contribution in [0.2, 0.25) is 0 Å². The van der Waals surface area contributed by atoms with Crippen LogP contribution in [0.25, 0.3) is 0 Å². The first-order valence-corrected chi connectivity index (χ1v) is 4.96. The highest BCUT2D eigenvalue weighted by molar-refractivity contribution is 7.78. The summed E-state index contributed by atoms with van der Waals surface area (Å²) in [7, 11) is 1.32. The van der Waals surface area contributed by atoms with E-state index in [2.05, 4.69) is 27.1 Å². The Labute approximate surface area is 98.9 Å². The average molecular weight is 237 g/mol. The van der Waals surface area contributed by atoms with Crippen LogP contribution in [0.4, 0.5) is 5.69 Å². The average Bonchev–Trinajstić information content (AvgIpc) is 2.28. The summed E-state index contributed by atoms with van der Waals surface area (Å²) in [5.74, 6) is 0.203. The number of aryl methyl sites for hydroxylation is 1. The van der Waals surface area contributed by atoms with E-state index >= 15 is 0 Å². The summed E-state index contributed by atoms with van der Waals surface area (Å²) in [6.45, 7) is 1.75. The van der Waals surface area contributed by atoms with Crippen LogP contribution >= 0.6 is 12.2 Å². The number of ether oxygens (including phenoxy) is 2. The first-order chi connectivity index (χ1) is 7.67. The molecule has 1 aromatic rings. The molecule has 0 amide bonds. The minimum atomic E-state index is -0.416. The van der Waals surface area contributed by atoms with Gasteiger partial charge >= 0.3 is 5.97 Å². The van der Waals surface area contributed by atoms with Gasteiger partial charge in [0.1, 0.15) is 5.75 Å². The van der Waals surface area contributed by atoms with Gasteiger partial charge in [-0.05, 0) is 42.9 Å². The highest BCUT2D eigenvalue weighted by atomic mass is 32.1. The van der Waals surface area contributed by atoms with Crippen LogP contribution in [0.3, 0.4) is 0 Å². The number of isothiocyanates is 1. The number of nitrogens with zero attached hydrogens (tertiary/aromatic N) is 1. The van der Waals surface area contributed by atoms with Gasteiger partial charge in [-0.3, -0.25) is 0 Å². The molecule has 0 unspecified atom stereocenters. The number of thiocarbonyl (C=S) groups is 1. The van der Waals surface area contributed by atoms with E-state index in [9.17, 15) is 4.79 Å². The number of carbonyl (C=O) groups is 1. The largest absolute Gasteiger partial charge is 0.482 e. The highest BCUT2D eigenvalue weighted by Gasteiger charge is 2.04. The molecule has 0 heterocycles. The summed E-state index contributed by atoms with van der Waals surface area (Å²) in [5.41, 5.74) is 1.58. The maximum absolute atomic E-state index is 10.9. The fourth-order valence-electron chi connectivity index (χ4n) is 1.11. The Morgan fingerprint density at radius 3 is 2.88 bits per heavy atom. The molecule has 0 atom stereocenters. The number of methoxy groups -OCH3 is 1. The second-order valence-electron chi connectivity index (χ2n) is 3.02. The van der Waals surface area contributed by atoms with Gasteiger partial charge in [0.05, 0.1) is 18.0 Å². The van der Waals surface area contributed by atoms with Gasteiger partial charge in [-0.25, -0.2) is 4.79 Å². The van der Waals surface area contributed by atoms with E-state index in [1.54, 1.807) is 18.2 Å². The predicted molar refractivity (Wildman–Crippen MR) is 63.4 cm³/mol. The van der Waals surface area contributed by atoms with Gasteiger partial charge in [0.25, 0.3) is 0 Å². The second kappa shape index (κ2) is 6.00. The van der Waals surface area contributed by atoms with Crippen LogP contribution in [0.5, 0.6) is 5.75 Å². The Balaban J connectivity index is 2.75. The van der Waals surface area contributed by atoms with E-state index in [4.69, 9.17) is 4.74 Å².